The Labute approximate surface area is 369 Å². The maximum atomic E-state index is 14.9. The molecule has 0 unspecified atom stereocenters. The Morgan fingerprint density at radius 3 is 2.28 bits per heavy atom. The normalized spacial score (nSPS) is 18.1. The van der Waals surface area contributed by atoms with Gasteiger partial charge in [-0.3, -0.25) is 19.3 Å². The van der Waals surface area contributed by atoms with E-state index < -0.39 is 35.8 Å². The number of benzene rings is 1. The molecule has 61 heavy (non-hydrogen) atoms. The number of fused-ring (bicyclic) bond motifs is 1. The number of rotatable bonds is 22. The van der Waals surface area contributed by atoms with Crippen molar-refractivity contribution in [2.24, 2.45) is 17.8 Å². The van der Waals surface area contributed by atoms with E-state index in [4.69, 9.17) is 19.2 Å². The third-order valence-corrected chi connectivity index (χ3v) is 12.7. The topological polar surface area (TPSA) is 160 Å². The lowest BCUT2D eigenvalue weighted by Crippen LogP contribution is -2.60. The number of carbonyl (C=O) groups is 4. The van der Waals surface area contributed by atoms with Crippen molar-refractivity contribution in [2.75, 3.05) is 27.3 Å². The molecule has 13 nitrogen and oxygen atoms in total. The van der Waals surface area contributed by atoms with Crippen LogP contribution in [0.3, 0.4) is 0 Å². The summed E-state index contributed by atoms with van der Waals surface area (Å²) in [5.74, 6) is -0.733. The summed E-state index contributed by atoms with van der Waals surface area (Å²) in [4.78, 5) is 64.2. The van der Waals surface area contributed by atoms with E-state index in [1.54, 1.807) is 52.4 Å². The smallest absolute Gasteiger partial charge is 0.410 e. The number of ether oxygens (including phenoxy) is 3. The Kier molecular flexibility index (Phi) is 19.6. The van der Waals surface area contributed by atoms with Gasteiger partial charge in [0.15, 0.2) is 0 Å². The Balaban J connectivity index is 1.90. The van der Waals surface area contributed by atoms with Crippen molar-refractivity contribution < 1.29 is 38.5 Å². The van der Waals surface area contributed by atoms with Crippen LogP contribution in [0.25, 0.3) is 0 Å². The number of amides is 4. The number of hydrogen-bond donors (Lipinski definition) is 3. The first-order valence-electron chi connectivity index (χ1n) is 22.2. The van der Waals surface area contributed by atoms with Crippen LogP contribution in [0.5, 0.6) is 5.75 Å². The molecule has 0 radical (unpaired) electrons. The predicted molar refractivity (Wildman–Crippen MR) is 242 cm³/mol. The van der Waals surface area contributed by atoms with Gasteiger partial charge in [0.05, 0.1) is 12.9 Å². The molecule has 1 aromatic carbocycles. The summed E-state index contributed by atoms with van der Waals surface area (Å²) in [5, 5.41) is 18.9. The minimum absolute atomic E-state index is 0.0105. The maximum Gasteiger partial charge on any atom is 0.410 e. The van der Waals surface area contributed by atoms with Gasteiger partial charge in [0.1, 0.15) is 40.2 Å². The molecule has 0 fully saturated rings. The highest BCUT2D eigenvalue weighted by Crippen LogP contribution is 2.39. The average Bonchev–Trinajstić information content (AvgIpc) is 3.71. The van der Waals surface area contributed by atoms with Crippen molar-refractivity contribution in [1.82, 2.24) is 25.4 Å². The molecule has 0 spiro atoms. The van der Waals surface area contributed by atoms with Crippen LogP contribution >= 0.6 is 11.3 Å². The van der Waals surface area contributed by atoms with E-state index in [9.17, 15) is 24.3 Å². The number of phenols is 1. The van der Waals surface area contributed by atoms with E-state index in [2.05, 4.69) is 31.1 Å². The standard InChI is InChI=1S/C47H75N5O8S/c1-15-21-52(45(56)40(29(7)17-3)50-43(55)41(30(8)18-4)51(13)46(57)60-47(10,11)12)38(28(5)6)26-39(59-22-16-2)44-49-37(27-61-44)42(54)48-33-23-32-19-20-34(53)25-36(32)35(24-33)31(9)58-14/h19-20,25,27-30,33,35,38-41,53H,9,15-18,21-24,26H2,1-8,10-14H3,(H,48,54)(H,50,55)/t29-,30-,33-,35-,38+,39+,40-,41+/m0/s1. The second kappa shape index (κ2) is 23.3. The van der Waals surface area contributed by atoms with Crippen molar-refractivity contribution in [2.45, 2.75) is 163 Å². The third-order valence-electron chi connectivity index (χ3n) is 11.7. The number of hydrogen-bond acceptors (Lipinski definition) is 10. The van der Waals surface area contributed by atoms with Crippen LogP contribution in [0.1, 0.15) is 153 Å². The number of likely N-dealkylation sites (N-methyl/N-ethyl adjacent to an activating group) is 1. The van der Waals surface area contributed by atoms with Gasteiger partial charge in [0, 0.05) is 50.0 Å². The van der Waals surface area contributed by atoms with Crippen LogP contribution in [-0.2, 0) is 30.2 Å². The van der Waals surface area contributed by atoms with E-state index in [-0.39, 0.29) is 59.0 Å². The molecule has 0 saturated carbocycles. The molecule has 0 saturated heterocycles. The first kappa shape index (κ1) is 51.2. The Morgan fingerprint density at radius 2 is 1.70 bits per heavy atom. The summed E-state index contributed by atoms with van der Waals surface area (Å²) in [6.45, 7) is 26.5. The molecular formula is C47H75N5O8S. The lowest BCUT2D eigenvalue weighted by molar-refractivity contribution is -0.143. The van der Waals surface area contributed by atoms with Gasteiger partial charge in [-0.25, -0.2) is 9.78 Å². The maximum absolute atomic E-state index is 14.9. The van der Waals surface area contributed by atoms with E-state index in [1.165, 1.54) is 16.2 Å². The van der Waals surface area contributed by atoms with Crippen molar-refractivity contribution in [1.29, 1.82) is 0 Å². The summed E-state index contributed by atoms with van der Waals surface area (Å²) in [5.41, 5.74) is 1.50. The van der Waals surface area contributed by atoms with Gasteiger partial charge in [-0.2, -0.15) is 0 Å². The van der Waals surface area contributed by atoms with Crippen molar-refractivity contribution in [3.63, 3.8) is 0 Å². The van der Waals surface area contributed by atoms with Crippen LogP contribution in [0.15, 0.2) is 35.9 Å². The molecular weight excluding hydrogens is 795 g/mol. The number of thiazole rings is 1. The Bertz CT molecular complexity index is 1770. The summed E-state index contributed by atoms with van der Waals surface area (Å²) in [6.07, 6.45) is 3.22. The van der Waals surface area contributed by atoms with Crippen molar-refractivity contribution >= 4 is 35.2 Å². The lowest BCUT2D eigenvalue weighted by Gasteiger charge is -2.40. The zero-order valence-corrected chi connectivity index (χ0v) is 39.9. The van der Waals surface area contributed by atoms with E-state index >= 15 is 0 Å². The summed E-state index contributed by atoms with van der Waals surface area (Å²) in [7, 11) is 3.15. The van der Waals surface area contributed by atoms with Crippen LogP contribution < -0.4 is 10.6 Å². The molecule has 1 aliphatic rings. The highest BCUT2D eigenvalue weighted by molar-refractivity contribution is 7.09. The highest BCUT2D eigenvalue weighted by atomic mass is 32.1. The summed E-state index contributed by atoms with van der Waals surface area (Å²) < 4.78 is 17.6. The monoisotopic (exact) mass is 870 g/mol. The molecule has 1 heterocycles. The average molecular weight is 870 g/mol. The number of aromatic nitrogens is 1. The minimum Gasteiger partial charge on any atom is -0.508 e. The zero-order chi connectivity index (χ0) is 45.8. The van der Waals surface area contributed by atoms with Gasteiger partial charge in [-0.05, 0) is 87.5 Å². The van der Waals surface area contributed by atoms with E-state index in [0.717, 1.165) is 17.5 Å². The second-order valence-electron chi connectivity index (χ2n) is 18.0. The number of phenolic OH excluding ortho intramolecular Hbond substituents is 1. The fourth-order valence-electron chi connectivity index (χ4n) is 7.96. The molecule has 1 aromatic heterocycles. The fourth-order valence-corrected chi connectivity index (χ4v) is 8.81. The minimum atomic E-state index is -0.850. The van der Waals surface area contributed by atoms with Gasteiger partial charge in [0.2, 0.25) is 11.8 Å². The van der Waals surface area contributed by atoms with Gasteiger partial charge in [-0.15, -0.1) is 11.3 Å². The Hall–Kier alpha value is -4.17. The molecule has 8 atom stereocenters. The molecule has 1 aliphatic carbocycles. The van der Waals surface area contributed by atoms with E-state index in [0.29, 0.717) is 62.4 Å². The van der Waals surface area contributed by atoms with Gasteiger partial charge >= 0.3 is 6.09 Å². The zero-order valence-electron chi connectivity index (χ0n) is 39.1. The number of carbonyl (C=O) groups excluding carboxylic acids is 4. The van der Waals surface area contributed by atoms with Crippen LogP contribution in [0, 0.1) is 17.8 Å². The molecule has 2 aromatic rings. The summed E-state index contributed by atoms with van der Waals surface area (Å²) >= 11 is 1.36. The predicted octanol–water partition coefficient (Wildman–Crippen LogP) is 8.77. The number of allylic oxidation sites excluding steroid dienone is 1. The summed E-state index contributed by atoms with van der Waals surface area (Å²) in [6, 6.07) is 3.07. The molecule has 14 heteroatoms. The van der Waals surface area contributed by atoms with E-state index in [1.807, 2.05) is 52.5 Å². The van der Waals surface area contributed by atoms with Crippen LogP contribution in [0.2, 0.25) is 0 Å². The van der Waals surface area contributed by atoms with Crippen LogP contribution in [-0.4, -0.2) is 101 Å². The quantitative estimate of drug-likeness (QED) is 0.0984. The SMILES string of the molecule is C=C(OC)[C@@H]1C[C@@H](NC(=O)c2csc([C@@H](C[C@H](C(C)C)N(CCC)C(=O)[C@@H](NC(=O)[C@@H]([C@@H](C)CC)N(C)C(=O)OC(C)(C)C)[C@@H](C)CC)OCCC)n2)Cc2ccc(O)cc21. The Morgan fingerprint density at radius 1 is 1.03 bits per heavy atom. The fraction of sp³-hybridized carbons (Fsp3) is 0.681. The molecule has 342 valence electrons. The van der Waals surface area contributed by atoms with Gasteiger partial charge < -0.3 is 34.9 Å². The number of aromatic hydroxyl groups is 1. The molecule has 0 bridgehead atoms. The van der Waals surface area contributed by atoms with Crippen molar-refractivity contribution in [3.8, 4) is 5.75 Å². The largest absolute Gasteiger partial charge is 0.508 e. The third kappa shape index (κ3) is 13.9. The number of methoxy groups -OCH3 is 1. The molecule has 3 rings (SSSR count). The van der Waals surface area contributed by atoms with Gasteiger partial charge in [0.25, 0.3) is 5.91 Å². The molecule has 0 aliphatic heterocycles. The molecule has 3 N–H and O–H groups in total. The number of nitrogens with one attached hydrogen (secondary N) is 2. The van der Waals surface area contributed by atoms with Crippen LogP contribution in [0.4, 0.5) is 4.79 Å². The van der Waals surface area contributed by atoms with Crippen molar-refractivity contribution in [3.05, 3.63) is 57.7 Å². The highest BCUT2D eigenvalue weighted by Gasteiger charge is 2.40. The second-order valence-corrected chi connectivity index (χ2v) is 18.9. The van der Waals surface area contributed by atoms with Gasteiger partial charge in [-0.1, -0.05) is 80.9 Å². The lowest BCUT2D eigenvalue weighted by atomic mass is 9.79. The molecule has 4 amide bonds. The number of nitrogens with zero attached hydrogens (tertiary/aromatic N) is 3. The first-order chi connectivity index (χ1) is 28.7. The first-order valence-corrected chi connectivity index (χ1v) is 23.1.